The van der Waals surface area contributed by atoms with Crippen molar-refractivity contribution in [1.82, 2.24) is 0 Å². The molecule has 20 heavy (non-hydrogen) atoms. The molecule has 2 heteroatoms. The summed E-state index contributed by atoms with van der Waals surface area (Å²) >= 11 is 0. The Morgan fingerprint density at radius 3 is 2.45 bits per heavy atom. The van der Waals surface area contributed by atoms with Crippen LogP contribution in [0.2, 0.25) is 0 Å². The van der Waals surface area contributed by atoms with E-state index in [9.17, 15) is 4.79 Å². The summed E-state index contributed by atoms with van der Waals surface area (Å²) < 4.78 is 0. The van der Waals surface area contributed by atoms with Crippen molar-refractivity contribution in [3.8, 4) is 0 Å². The second kappa shape index (κ2) is 6.90. The Balaban J connectivity index is 2.02. The number of nitrogens with zero attached hydrogens (tertiary/aromatic N) is 1. The molecule has 0 N–H and O–H groups in total. The van der Waals surface area contributed by atoms with Crippen LogP contribution in [-0.2, 0) is 11.2 Å². The summed E-state index contributed by atoms with van der Waals surface area (Å²) in [5.41, 5.74) is 3.38. The smallest absolute Gasteiger partial charge is 0.227 e. The number of aryl methyl sites for hydroxylation is 2. The Hall–Kier alpha value is -2.09. The number of rotatable bonds is 5. The summed E-state index contributed by atoms with van der Waals surface area (Å²) in [7, 11) is 0. The monoisotopic (exact) mass is 267 g/mol. The third-order valence-electron chi connectivity index (χ3n) is 3.40. The first-order valence-electron chi connectivity index (χ1n) is 7.11. The van der Waals surface area contributed by atoms with Gasteiger partial charge in [0.1, 0.15) is 0 Å². The fourth-order valence-electron chi connectivity index (χ4n) is 2.33. The van der Waals surface area contributed by atoms with Crippen molar-refractivity contribution >= 4 is 11.6 Å². The molecular formula is C18H21NO. The van der Waals surface area contributed by atoms with Crippen LogP contribution in [0.25, 0.3) is 0 Å². The summed E-state index contributed by atoms with van der Waals surface area (Å²) in [5, 5.41) is 0. The molecule has 0 unspecified atom stereocenters. The van der Waals surface area contributed by atoms with E-state index in [1.54, 1.807) is 0 Å². The van der Waals surface area contributed by atoms with Gasteiger partial charge in [-0.05, 0) is 43.5 Å². The average molecular weight is 267 g/mol. The number of hydrogen-bond donors (Lipinski definition) is 0. The van der Waals surface area contributed by atoms with E-state index in [0.717, 1.165) is 12.1 Å². The molecule has 2 aromatic carbocycles. The molecule has 0 radical (unpaired) electrons. The van der Waals surface area contributed by atoms with Crippen LogP contribution in [0, 0.1) is 6.92 Å². The zero-order chi connectivity index (χ0) is 14.4. The minimum atomic E-state index is 0.182. The summed E-state index contributed by atoms with van der Waals surface area (Å²) in [5.74, 6) is 0.182. The van der Waals surface area contributed by atoms with Crippen LogP contribution in [0.4, 0.5) is 5.69 Å². The van der Waals surface area contributed by atoms with Crippen molar-refractivity contribution in [3.05, 3.63) is 65.7 Å². The van der Waals surface area contributed by atoms with Crippen LogP contribution in [0.3, 0.4) is 0 Å². The van der Waals surface area contributed by atoms with Crippen molar-refractivity contribution in [1.29, 1.82) is 0 Å². The van der Waals surface area contributed by atoms with E-state index >= 15 is 0 Å². The van der Waals surface area contributed by atoms with Crippen molar-refractivity contribution in [2.45, 2.75) is 26.7 Å². The van der Waals surface area contributed by atoms with E-state index in [4.69, 9.17) is 0 Å². The SMILES string of the molecule is CCN(C(=O)CCc1ccccc1)c1cccc(C)c1. The number of amides is 1. The van der Waals surface area contributed by atoms with Crippen LogP contribution in [0.5, 0.6) is 0 Å². The first-order chi connectivity index (χ1) is 9.70. The van der Waals surface area contributed by atoms with Crippen LogP contribution in [-0.4, -0.2) is 12.5 Å². The highest BCUT2D eigenvalue weighted by Gasteiger charge is 2.13. The molecule has 0 saturated carbocycles. The molecule has 2 nitrogen and oxygen atoms in total. The predicted octanol–water partition coefficient (Wildman–Crippen LogP) is 3.98. The largest absolute Gasteiger partial charge is 0.313 e. The van der Waals surface area contributed by atoms with E-state index in [-0.39, 0.29) is 5.91 Å². The first kappa shape index (κ1) is 14.3. The molecule has 0 saturated heterocycles. The van der Waals surface area contributed by atoms with E-state index in [1.165, 1.54) is 11.1 Å². The summed E-state index contributed by atoms with van der Waals surface area (Å²) in [6.45, 7) is 4.77. The highest BCUT2D eigenvalue weighted by atomic mass is 16.2. The molecular weight excluding hydrogens is 246 g/mol. The number of carbonyl (C=O) groups excluding carboxylic acids is 1. The van der Waals surface area contributed by atoms with Crippen LogP contribution >= 0.6 is 0 Å². The second-order valence-corrected chi connectivity index (χ2v) is 4.96. The van der Waals surface area contributed by atoms with Gasteiger partial charge in [0.05, 0.1) is 0 Å². The molecule has 2 rings (SSSR count). The molecule has 0 aliphatic carbocycles. The van der Waals surface area contributed by atoms with Gasteiger partial charge in [0.15, 0.2) is 0 Å². The number of benzene rings is 2. The second-order valence-electron chi connectivity index (χ2n) is 4.96. The summed E-state index contributed by atoms with van der Waals surface area (Å²) in [6, 6.07) is 18.3. The summed E-state index contributed by atoms with van der Waals surface area (Å²) in [4.78, 5) is 14.2. The fourth-order valence-corrected chi connectivity index (χ4v) is 2.33. The zero-order valence-corrected chi connectivity index (χ0v) is 12.2. The molecule has 0 aliphatic heterocycles. The van der Waals surface area contributed by atoms with Crippen molar-refractivity contribution in [2.24, 2.45) is 0 Å². The van der Waals surface area contributed by atoms with Gasteiger partial charge in [-0.25, -0.2) is 0 Å². The third kappa shape index (κ3) is 3.70. The highest BCUT2D eigenvalue weighted by Crippen LogP contribution is 2.17. The van der Waals surface area contributed by atoms with Crippen LogP contribution in [0.15, 0.2) is 54.6 Å². The highest BCUT2D eigenvalue weighted by molar-refractivity contribution is 5.93. The number of anilines is 1. The third-order valence-corrected chi connectivity index (χ3v) is 3.40. The topological polar surface area (TPSA) is 20.3 Å². The van der Waals surface area contributed by atoms with E-state index in [2.05, 4.69) is 18.2 Å². The van der Waals surface area contributed by atoms with Crippen molar-refractivity contribution in [3.63, 3.8) is 0 Å². The van der Waals surface area contributed by atoms with E-state index < -0.39 is 0 Å². The fraction of sp³-hybridized carbons (Fsp3) is 0.278. The van der Waals surface area contributed by atoms with Crippen molar-refractivity contribution < 1.29 is 4.79 Å². The molecule has 0 bridgehead atoms. The minimum absolute atomic E-state index is 0.182. The Morgan fingerprint density at radius 2 is 1.80 bits per heavy atom. The van der Waals surface area contributed by atoms with Gasteiger partial charge in [-0.1, -0.05) is 42.5 Å². The maximum atomic E-state index is 12.4. The maximum absolute atomic E-state index is 12.4. The Bertz CT molecular complexity index is 563. The maximum Gasteiger partial charge on any atom is 0.227 e. The molecule has 104 valence electrons. The summed E-state index contributed by atoms with van der Waals surface area (Å²) in [6.07, 6.45) is 1.34. The minimum Gasteiger partial charge on any atom is -0.313 e. The van der Waals surface area contributed by atoms with Gasteiger partial charge in [-0.2, -0.15) is 0 Å². The quantitative estimate of drug-likeness (QED) is 0.802. The standard InChI is InChI=1S/C18H21NO/c1-3-19(17-11-7-8-15(2)14-17)18(20)13-12-16-9-5-4-6-10-16/h4-11,14H,3,12-13H2,1-2H3. The lowest BCUT2D eigenvalue weighted by molar-refractivity contribution is -0.118. The van der Waals surface area contributed by atoms with Gasteiger partial charge >= 0.3 is 0 Å². The lowest BCUT2D eigenvalue weighted by atomic mass is 10.1. The van der Waals surface area contributed by atoms with Crippen LogP contribution in [0.1, 0.15) is 24.5 Å². The van der Waals surface area contributed by atoms with Gasteiger partial charge in [0, 0.05) is 18.7 Å². The first-order valence-corrected chi connectivity index (χ1v) is 7.11. The van der Waals surface area contributed by atoms with E-state index in [1.807, 2.05) is 55.1 Å². The average Bonchev–Trinajstić information content (AvgIpc) is 2.47. The molecule has 0 aromatic heterocycles. The molecule has 0 heterocycles. The van der Waals surface area contributed by atoms with E-state index in [0.29, 0.717) is 13.0 Å². The molecule has 0 fully saturated rings. The lowest BCUT2D eigenvalue weighted by Gasteiger charge is -2.21. The molecule has 2 aromatic rings. The van der Waals surface area contributed by atoms with Gasteiger partial charge in [0.25, 0.3) is 0 Å². The normalized spacial score (nSPS) is 10.3. The Morgan fingerprint density at radius 1 is 1.05 bits per heavy atom. The molecule has 1 amide bonds. The number of hydrogen-bond acceptors (Lipinski definition) is 1. The lowest BCUT2D eigenvalue weighted by Crippen LogP contribution is -2.30. The molecule has 0 aliphatic rings. The van der Waals surface area contributed by atoms with Crippen LogP contribution < -0.4 is 4.90 Å². The Kier molecular flexibility index (Phi) is 4.94. The van der Waals surface area contributed by atoms with Crippen molar-refractivity contribution in [2.75, 3.05) is 11.4 Å². The van der Waals surface area contributed by atoms with Gasteiger partial charge in [-0.3, -0.25) is 4.79 Å². The zero-order valence-electron chi connectivity index (χ0n) is 12.2. The van der Waals surface area contributed by atoms with Gasteiger partial charge in [-0.15, -0.1) is 0 Å². The number of carbonyl (C=O) groups is 1. The molecule has 0 spiro atoms. The van der Waals surface area contributed by atoms with Gasteiger partial charge in [0.2, 0.25) is 5.91 Å². The van der Waals surface area contributed by atoms with Gasteiger partial charge < -0.3 is 4.90 Å². The predicted molar refractivity (Wildman–Crippen MR) is 84.0 cm³/mol. The molecule has 0 atom stereocenters. The Labute approximate surface area is 121 Å².